The van der Waals surface area contributed by atoms with Crippen LogP contribution in [0.3, 0.4) is 0 Å². The number of nitrogens with zero attached hydrogens (tertiary/aromatic N) is 2. The van der Waals surface area contributed by atoms with Crippen molar-refractivity contribution < 1.29 is 9.59 Å². The lowest BCUT2D eigenvalue weighted by atomic mass is 9.99. The number of hydrogen-bond donors (Lipinski definition) is 1. The van der Waals surface area contributed by atoms with Crippen LogP contribution in [0.4, 0.5) is 11.4 Å². The van der Waals surface area contributed by atoms with Gasteiger partial charge in [-0.05, 0) is 72.3 Å². The normalized spacial score (nSPS) is 17.8. The van der Waals surface area contributed by atoms with E-state index in [1.165, 1.54) is 29.0 Å². The molecule has 0 bridgehead atoms. The van der Waals surface area contributed by atoms with E-state index < -0.39 is 11.8 Å². The number of rotatable bonds is 4. The Balaban J connectivity index is 1.56. The molecule has 0 radical (unpaired) electrons. The van der Waals surface area contributed by atoms with E-state index in [0.717, 1.165) is 35.8 Å². The zero-order valence-electron chi connectivity index (χ0n) is 18.5. The van der Waals surface area contributed by atoms with Crippen molar-refractivity contribution in [1.82, 2.24) is 5.32 Å². The highest BCUT2D eigenvalue weighted by Gasteiger charge is 2.34. The third-order valence-electron chi connectivity index (χ3n) is 6.39. The maximum atomic E-state index is 13.4. The van der Waals surface area contributed by atoms with Crippen LogP contribution in [0.5, 0.6) is 0 Å². The second kappa shape index (κ2) is 8.79. The number of benzene rings is 3. The van der Waals surface area contributed by atoms with Gasteiger partial charge < -0.3 is 4.90 Å². The Morgan fingerprint density at radius 2 is 1.64 bits per heavy atom. The van der Waals surface area contributed by atoms with E-state index in [-0.39, 0.29) is 10.7 Å². The third-order valence-corrected chi connectivity index (χ3v) is 6.67. The van der Waals surface area contributed by atoms with Crippen molar-refractivity contribution >= 4 is 57.4 Å². The zero-order chi connectivity index (χ0) is 22.9. The molecule has 2 amide bonds. The maximum Gasteiger partial charge on any atom is 0.270 e. The van der Waals surface area contributed by atoms with Crippen LogP contribution in [0.1, 0.15) is 30.9 Å². The lowest BCUT2D eigenvalue weighted by Crippen LogP contribution is -2.54. The number of fused-ring (bicyclic) bond motifs is 1. The van der Waals surface area contributed by atoms with Gasteiger partial charge in [-0.15, -0.1) is 0 Å². The highest BCUT2D eigenvalue weighted by molar-refractivity contribution is 7.80. The number of aryl methyl sites for hydroxylation is 1. The summed E-state index contributed by atoms with van der Waals surface area (Å²) in [5, 5.41) is 4.92. The summed E-state index contributed by atoms with van der Waals surface area (Å²) >= 11 is 5.34. The van der Waals surface area contributed by atoms with Crippen molar-refractivity contribution in [2.24, 2.45) is 0 Å². The Morgan fingerprint density at radius 1 is 0.939 bits per heavy atom. The van der Waals surface area contributed by atoms with E-state index in [9.17, 15) is 9.59 Å². The van der Waals surface area contributed by atoms with Crippen LogP contribution in [0.25, 0.3) is 16.8 Å². The van der Waals surface area contributed by atoms with E-state index in [1.54, 1.807) is 6.08 Å². The molecule has 1 N–H and O–H groups in total. The summed E-state index contributed by atoms with van der Waals surface area (Å²) in [5.74, 6) is -0.889. The first-order valence-corrected chi connectivity index (χ1v) is 11.7. The predicted octanol–water partition coefficient (Wildman–Crippen LogP) is 4.83. The summed E-state index contributed by atoms with van der Waals surface area (Å²) in [6, 6.07) is 19.9. The molecule has 0 aromatic heterocycles. The quantitative estimate of drug-likeness (QED) is 0.348. The van der Waals surface area contributed by atoms with Crippen molar-refractivity contribution in [2.75, 3.05) is 22.9 Å². The summed E-state index contributed by atoms with van der Waals surface area (Å²) in [6.07, 6.45) is 4.98. The van der Waals surface area contributed by atoms with Gasteiger partial charge in [0.2, 0.25) is 0 Å². The highest BCUT2D eigenvalue weighted by atomic mass is 32.1. The van der Waals surface area contributed by atoms with Crippen LogP contribution >= 0.6 is 12.2 Å². The average Bonchev–Trinajstić information content (AvgIpc) is 3.37. The summed E-state index contributed by atoms with van der Waals surface area (Å²) in [6.45, 7) is 4.18. The Labute approximate surface area is 198 Å². The Bertz CT molecular complexity index is 1290. The Morgan fingerprint density at radius 3 is 2.33 bits per heavy atom. The number of amides is 2. The largest absolute Gasteiger partial charge is 0.371 e. The van der Waals surface area contributed by atoms with Gasteiger partial charge in [-0.3, -0.25) is 19.8 Å². The van der Waals surface area contributed by atoms with Gasteiger partial charge in [-0.2, -0.15) is 0 Å². The molecular formula is C27H25N3O2S. The van der Waals surface area contributed by atoms with Crippen molar-refractivity contribution in [2.45, 2.75) is 26.2 Å². The van der Waals surface area contributed by atoms with Gasteiger partial charge in [-0.1, -0.05) is 49.4 Å². The van der Waals surface area contributed by atoms with E-state index in [2.05, 4.69) is 29.3 Å². The van der Waals surface area contributed by atoms with E-state index >= 15 is 0 Å². The summed E-state index contributed by atoms with van der Waals surface area (Å²) in [7, 11) is 0. The van der Waals surface area contributed by atoms with E-state index in [1.807, 2.05) is 48.5 Å². The van der Waals surface area contributed by atoms with Crippen LogP contribution in [-0.2, 0) is 16.0 Å². The number of hydrogen-bond acceptors (Lipinski definition) is 4. The monoisotopic (exact) mass is 455 g/mol. The van der Waals surface area contributed by atoms with Gasteiger partial charge >= 0.3 is 0 Å². The molecule has 0 unspecified atom stereocenters. The van der Waals surface area contributed by atoms with Crippen molar-refractivity contribution in [3.05, 3.63) is 77.4 Å². The van der Waals surface area contributed by atoms with Crippen LogP contribution in [-0.4, -0.2) is 30.0 Å². The first kappa shape index (κ1) is 21.3. The zero-order valence-corrected chi connectivity index (χ0v) is 19.3. The minimum Gasteiger partial charge on any atom is -0.371 e. The molecule has 2 heterocycles. The Hall–Kier alpha value is -3.51. The Kier molecular flexibility index (Phi) is 5.68. The van der Waals surface area contributed by atoms with Gasteiger partial charge in [0.25, 0.3) is 11.8 Å². The van der Waals surface area contributed by atoms with Crippen molar-refractivity contribution in [3.8, 4) is 0 Å². The summed E-state index contributed by atoms with van der Waals surface area (Å²) < 4.78 is 0. The third kappa shape index (κ3) is 3.91. The molecular weight excluding hydrogens is 430 g/mol. The lowest BCUT2D eigenvalue weighted by Gasteiger charge is -2.29. The van der Waals surface area contributed by atoms with E-state index in [4.69, 9.17) is 12.2 Å². The fourth-order valence-corrected chi connectivity index (χ4v) is 4.88. The van der Waals surface area contributed by atoms with Gasteiger partial charge in [0, 0.05) is 24.2 Å². The van der Waals surface area contributed by atoms with Crippen LogP contribution in [0.2, 0.25) is 0 Å². The smallest absolute Gasteiger partial charge is 0.270 e. The summed E-state index contributed by atoms with van der Waals surface area (Å²) in [4.78, 5) is 30.0. The molecule has 2 saturated heterocycles. The predicted molar refractivity (Wildman–Crippen MR) is 137 cm³/mol. The minimum absolute atomic E-state index is 0.0715. The maximum absolute atomic E-state index is 13.4. The lowest BCUT2D eigenvalue weighted by molar-refractivity contribution is -0.122. The molecule has 5 nitrogen and oxygen atoms in total. The molecule has 2 aliphatic rings. The number of carbonyl (C=O) groups excluding carboxylic acids is 2. The van der Waals surface area contributed by atoms with Crippen LogP contribution < -0.4 is 15.1 Å². The molecule has 0 aliphatic carbocycles. The molecule has 166 valence electrons. The fraction of sp³-hybridized carbons (Fsp3) is 0.222. The van der Waals surface area contributed by atoms with Gasteiger partial charge in [0.05, 0.1) is 5.69 Å². The fourth-order valence-electron chi connectivity index (χ4n) is 4.59. The molecule has 3 aromatic rings. The molecule has 3 aromatic carbocycles. The van der Waals surface area contributed by atoms with Crippen LogP contribution in [0.15, 0.2) is 66.2 Å². The van der Waals surface area contributed by atoms with Crippen molar-refractivity contribution in [1.29, 1.82) is 0 Å². The average molecular weight is 456 g/mol. The number of anilines is 2. The van der Waals surface area contributed by atoms with Gasteiger partial charge in [0.1, 0.15) is 5.57 Å². The first-order valence-electron chi connectivity index (χ1n) is 11.3. The number of carbonyl (C=O) groups is 2. The van der Waals surface area contributed by atoms with Crippen LogP contribution in [0, 0.1) is 0 Å². The molecule has 33 heavy (non-hydrogen) atoms. The molecule has 2 aliphatic heterocycles. The van der Waals surface area contributed by atoms with Gasteiger partial charge in [0.15, 0.2) is 5.11 Å². The molecule has 5 rings (SSSR count). The second-order valence-electron chi connectivity index (χ2n) is 8.39. The topological polar surface area (TPSA) is 52.7 Å². The molecule has 0 spiro atoms. The van der Waals surface area contributed by atoms with Gasteiger partial charge in [-0.25, -0.2) is 0 Å². The molecule has 0 saturated carbocycles. The minimum atomic E-state index is -0.473. The second-order valence-corrected chi connectivity index (χ2v) is 8.78. The highest BCUT2D eigenvalue weighted by Crippen LogP contribution is 2.33. The summed E-state index contributed by atoms with van der Waals surface area (Å²) in [5.41, 5.74) is 3.91. The first-order chi connectivity index (χ1) is 16.1. The molecule has 6 heteroatoms. The standard InChI is InChI=1S/C27H25N3O2S/c1-2-18-9-12-20(13-10-18)30-26(32)23(25(31)28-27(30)33)17-19-11-14-24(29-15-5-6-16-29)22-8-4-3-7-21(19)22/h3-4,7-14,17H,2,5-6,15-16H2,1H3,(H,28,31,33). The van der Waals surface area contributed by atoms with Crippen molar-refractivity contribution in [3.63, 3.8) is 0 Å². The molecule has 0 atom stereocenters. The van der Waals surface area contributed by atoms with E-state index in [0.29, 0.717) is 5.69 Å². The number of nitrogens with one attached hydrogen (secondary N) is 1. The SMILES string of the molecule is CCc1ccc(N2C(=O)C(=Cc3ccc(N4CCCC4)c4ccccc34)C(=O)NC2=S)cc1. The number of thiocarbonyl (C=S) groups is 1. The molecule has 2 fully saturated rings.